The van der Waals surface area contributed by atoms with Crippen molar-refractivity contribution in [2.24, 2.45) is 0 Å². The van der Waals surface area contributed by atoms with Crippen molar-refractivity contribution in [3.8, 4) is 16.9 Å². The number of halogens is 1. The predicted octanol–water partition coefficient (Wildman–Crippen LogP) is 4.04. The number of anilines is 2. The molecule has 0 radical (unpaired) electrons. The van der Waals surface area contributed by atoms with Crippen molar-refractivity contribution in [1.82, 2.24) is 14.9 Å². The molecule has 7 nitrogen and oxygen atoms in total. The molecule has 0 saturated carbocycles. The summed E-state index contributed by atoms with van der Waals surface area (Å²) in [4.78, 5) is 14.0. The number of hydrogen-bond donors (Lipinski definition) is 1. The minimum atomic E-state index is 0.182. The van der Waals surface area contributed by atoms with Crippen LogP contribution in [0.5, 0.6) is 5.75 Å². The molecule has 0 amide bonds. The first kappa shape index (κ1) is 21.6. The molecule has 2 fully saturated rings. The van der Waals surface area contributed by atoms with Crippen LogP contribution < -0.4 is 15.0 Å². The number of nitrogens with one attached hydrogen (secondary N) is 1. The van der Waals surface area contributed by atoms with E-state index >= 15 is 0 Å². The first-order chi connectivity index (χ1) is 16.7. The van der Waals surface area contributed by atoms with E-state index in [4.69, 9.17) is 26.1 Å². The van der Waals surface area contributed by atoms with Crippen LogP contribution in [0, 0.1) is 0 Å². The van der Waals surface area contributed by atoms with Gasteiger partial charge in [-0.1, -0.05) is 17.7 Å². The summed E-state index contributed by atoms with van der Waals surface area (Å²) in [6.45, 7) is 5.93. The lowest BCUT2D eigenvalue weighted by atomic mass is 10.00. The molecular formula is C26H28ClN5O2. The van der Waals surface area contributed by atoms with Gasteiger partial charge in [0.25, 0.3) is 0 Å². The lowest BCUT2D eigenvalue weighted by molar-refractivity contribution is -0.0661. The fourth-order valence-electron chi connectivity index (χ4n) is 5.02. The molecule has 3 aliphatic rings. The van der Waals surface area contributed by atoms with E-state index < -0.39 is 0 Å². The van der Waals surface area contributed by atoms with E-state index in [1.807, 2.05) is 24.5 Å². The molecule has 3 aromatic rings. The third-order valence-electron chi connectivity index (χ3n) is 7.15. The van der Waals surface area contributed by atoms with Crippen molar-refractivity contribution in [3.63, 3.8) is 0 Å². The highest BCUT2D eigenvalue weighted by atomic mass is 35.5. The van der Waals surface area contributed by atoms with Gasteiger partial charge in [-0.2, -0.15) is 0 Å². The Morgan fingerprint density at radius 3 is 2.62 bits per heavy atom. The van der Waals surface area contributed by atoms with E-state index in [1.165, 1.54) is 11.1 Å². The van der Waals surface area contributed by atoms with Gasteiger partial charge in [-0.3, -0.25) is 9.88 Å². The Morgan fingerprint density at radius 1 is 1.06 bits per heavy atom. The molecule has 0 aliphatic carbocycles. The molecule has 2 saturated heterocycles. The van der Waals surface area contributed by atoms with Gasteiger partial charge in [0.2, 0.25) is 0 Å². The number of hydrogen-bond acceptors (Lipinski definition) is 7. The number of pyridine rings is 2. The quantitative estimate of drug-likeness (QED) is 0.595. The van der Waals surface area contributed by atoms with Crippen LogP contribution in [-0.4, -0.2) is 67.4 Å². The van der Waals surface area contributed by atoms with Crippen LogP contribution in [0.25, 0.3) is 11.1 Å². The number of piperazine rings is 1. The maximum atomic E-state index is 6.64. The van der Waals surface area contributed by atoms with Gasteiger partial charge in [0, 0.05) is 55.4 Å². The van der Waals surface area contributed by atoms with Crippen LogP contribution in [0.4, 0.5) is 11.5 Å². The van der Waals surface area contributed by atoms with Crippen molar-refractivity contribution in [1.29, 1.82) is 0 Å². The molecule has 6 rings (SSSR count). The van der Waals surface area contributed by atoms with Gasteiger partial charge in [-0.25, -0.2) is 4.98 Å². The topological polar surface area (TPSA) is 62.8 Å². The lowest BCUT2D eigenvalue weighted by Crippen LogP contribution is -2.56. The maximum Gasteiger partial charge on any atom is 0.137 e. The van der Waals surface area contributed by atoms with Crippen LogP contribution in [0.3, 0.4) is 0 Å². The summed E-state index contributed by atoms with van der Waals surface area (Å²) in [6.07, 6.45) is 6.42. The highest BCUT2D eigenvalue weighted by Crippen LogP contribution is 2.40. The summed E-state index contributed by atoms with van der Waals surface area (Å²) >= 11 is 6.64. The second-order valence-corrected chi connectivity index (χ2v) is 9.57. The molecule has 0 spiro atoms. The molecule has 1 unspecified atom stereocenters. The van der Waals surface area contributed by atoms with Crippen LogP contribution in [0.2, 0.25) is 5.02 Å². The Morgan fingerprint density at radius 2 is 1.91 bits per heavy atom. The predicted molar refractivity (Wildman–Crippen MR) is 134 cm³/mol. The Kier molecular flexibility index (Phi) is 5.77. The lowest BCUT2D eigenvalue weighted by Gasteiger charge is -2.42. The molecule has 8 heteroatoms. The van der Waals surface area contributed by atoms with E-state index in [0.717, 1.165) is 74.2 Å². The van der Waals surface area contributed by atoms with Crippen molar-refractivity contribution < 1.29 is 9.47 Å². The number of fused-ring (bicyclic) bond motifs is 1. The summed E-state index contributed by atoms with van der Waals surface area (Å²) in [7, 11) is 1.64. The minimum Gasteiger partial charge on any atom is -0.495 e. The molecule has 34 heavy (non-hydrogen) atoms. The normalized spacial score (nSPS) is 20.5. The zero-order valence-electron chi connectivity index (χ0n) is 19.2. The Balaban J connectivity index is 1.14. The van der Waals surface area contributed by atoms with Gasteiger partial charge in [-0.15, -0.1) is 0 Å². The van der Waals surface area contributed by atoms with Crippen LogP contribution in [0.1, 0.15) is 17.2 Å². The number of methoxy groups -OCH3 is 1. The Labute approximate surface area is 204 Å². The number of rotatable bonds is 5. The van der Waals surface area contributed by atoms with E-state index in [-0.39, 0.29) is 6.04 Å². The molecule has 176 valence electrons. The smallest absolute Gasteiger partial charge is 0.137 e. The second-order valence-electron chi connectivity index (χ2n) is 9.17. The van der Waals surface area contributed by atoms with Gasteiger partial charge >= 0.3 is 0 Å². The first-order valence-corrected chi connectivity index (χ1v) is 12.2. The van der Waals surface area contributed by atoms with Gasteiger partial charge in [0.05, 0.1) is 43.6 Å². The van der Waals surface area contributed by atoms with Crippen molar-refractivity contribution in [2.45, 2.75) is 18.5 Å². The molecule has 2 aromatic heterocycles. The summed E-state index contributed by atoms with van der Waals surface area (Å²) in [5.74, 6) is 1.77. The van der Waals surface area contributed by atoms with Gasteiger partial charge in [-0.05, 0) is 41.8 Å². The van der Waals surface area contributed by atoms with Gasteiger partial charge in [0.1, 0.15) is 11.6 Å². The zero-order valence-corrected chi connectivity index (χ0v) is 20.0. The van der Waals surface area contributed by atoms with Gasteiger partial charge in [0.15, 0.2) is 0 Å². The highest BCUT2D eigenvalue weighted by molar-refractivity contribution is 6.33. The molecular weight excluding hydrogens is 450 g/mol. The van der Waals surface area contributed by atoms with Crippen molar-refractivity contribution in [3.05, 3.63) is 65.1 Å². The highest BCUT2D eigenvalue weighted by Gasteiger charge is 2.29. The average molecular weight is 478 g/mol. The number of benzene rings is 1. The minimum absolute atomic E-state index is 0.182. The molecule has 5 heterocycles. The molecule has 3 aliphatic heterocycles. The second kappa shape index (κ2) is 9.06. The Hall–Kier alpha value is -2.87. The first-order valence-electron chi connectivity index (χ1n) is 11.8. The van der Waals surface area contributed by atoms with E-state index in [0.29, 0.717) is 11.1 Å². The van der Waals surface area contributed by atoms with Crippen molar-refractivity contribution >= 4 is 23.1 Å². The van der Waals surface area contributed by atoms with Gasteiger partial charge < -0.3 is 19.7 Å². The van der Waals surface area contributed by atoms with E-state index in [1.54, 1.807) is 13.3 Å². The zero-order chi connectivity index (χ0) is 23.1. The average Bonchev–Trinajstić information content (AvgIpc) is 3.26. The number of nitrogens with zero attached hydrogens (tertiary/aromatic N) is 4. The van der Waals surface area contributed by atoms with Crippen LogP contribution in [-0.2, 0) is 11.2 Å². The summed E-state index contributed by atoms with van der Waals surface area (Å²) in [5.41, 5.74) is 5.43. The van der Waals surface area contributed by atoms with Crippen LogP contribution in [0.15, 0.2) is 48.9 Å². The fourth-order valence-corrected chi connectivity index (χ4v) is 5.29. The molecule has 1 N–H and O–H groups in total. The number of ether oxygens (including phenoxy) is 2. The maximum absolute atomic E-state index is 6.64. The SMILES string of the molecule is COc1cncc(-c2cc3c(cc2Cl)NC(c2ccc(N4CCN(C5COC5)CC4)nc2)C3)c1. The summed E-state index contributed by atoms with van der Waals surface area (Å²) in [6, 6.07) is 11.3. The molecule has 1 atom stereocenters. The standard InChI is InChI=1S/C26H28ClN5O2/c1-33-21-8-19(12-28-14-21)22-9-18-10-24(30-25(18)11-23(22)27)17-2-3-26(29-13-17)32-6-4-31(5-7-32)20-15-34-16-20/h2-3,8-9,11-14,20,24,30H,4-7,10,15-16H2,1H3. The largest absolute Gasteiger partial charge is 0.495 e. The van der Waals surface area contributed by atoms with Crippen molar-refractivity contribution in [2.75, 3.05) is 56.7 Å². The molecule has 1 aromatic carbocycles. The van der Waals surface area contributed by atoms with E-state index in [2.05, 4.69) is 38.3 Å². The molecule has 0 bridgehead atoms. The fraction of sp³-hybridized carbons (Fsp3) is 0.385. The van der Waals surface area contributed by atoms with Crippen LogP contribution >= 0.6 is 11.6 Å². The Bertz CT molecular complexity index is 1180. The van der Waals surface area contributed by atoms with E-state index in [9.17, 15) is 0 Å². The monoisotopic (exact) mass is 477 g/mol. The number of aromatic nitrogens is 2. The third kappa shape index (κ3) is 4.08. The summed E-state index contributed by atoms with van der Waals surface area (Å²) < 4.78 is 10.7. The third-order valence-corrected chi connectivity index (χ3v) is 7.47. The summed E-state index contributed by atoms with van der Waals surface area (Å²) in [5, 5.41) is 4.32.